The predicted octanol–water partition coefficient (Wildman–Crippen LogP) is 3.65. The normalized spacial score (nSPS) is 18.8. The van der Waals surface area contributed by atoms with Gasteiger partial charge in [-0.2, -0.15) is 5.26 Å². The van der Waals surface area contributed by atoms with Gasteiger partial charge < -0.3 is 4.90 Å². The minimum atomic E-state index is -0.264. The van der Waals surface area contributed by atoms with Gasteiger partial charge in [0.2, 0.25) is 0 Å². The van der Waals surface area contributed by atoms with Crippen LogP contribution in [0.25, 0.3) is 6.08 Å². The standard InChI is InChI=1S/C21H26N4O2S2/c1-5-24-18(23-9-7-6-8-10-23)15(14(4)16(12-22)19(24)26)11-17-20(27)25(13(2)3)21(28)29-17/h11,13H,5-10H2,1-4H3. The van der Waals surface area contributed by atoms with Crippen molar-refractivity contribution in [1.82, 2.24) is 9.47 Å². The Labute approximate surface area is 181 Å². The second-order valence-corrected chi connectivity index (χ2v) is 9.27. The van der Waals surface area contributed by atoms with Crippen LogP contribution in [0.5, 0.6) is 0 Å². The lowest BCUT2D eigenvalue weighted by molar-refractivity contribution is -0.123. The van der Waals surface area contributed by atoms with E-state index in [2.05, 4.69) is 11.0 Å². The lowest BCUT2D eigenvalue weighted by Gasteiger charge is -2.33. The van der Waals surface area contributed by atoms with E-state index in [9.17, 15) is 14.9 Å². The van der Waals surface area contributed by atoms with Crippen molar-refractivity contribution in [2.45, 2.75) is 59.5 Å². The van der Waals surface area contributed by atoms with E-state index in [1.54, 1.807) is 16.4 Å². The van der Waals surface area contributed by atoms with Crippen LogP contribution in [-0.2, 0) is 11.3 Å². The number of hydrogen-bond acceptors (Lipinski definition) is 6. The van der Waals surface area contributed by atoms with E-state index >= 15 is 0 Å². The molecule has 0 bridgehead atoms. The Bertz CT molecular complexity index is 982. The van der Waals surface area contributed by atoms with Crippen molar-refractivity contribution in [3.63, 3.8) is 0 Å². The van der Waals surface area contributed by atoms with Gasteiger partial charge >= 0.3 is 0 Å². The Balaban J connectivity index is 2.25. The van der Waals surface area contributed by atoms with Gasteiger partial charge in [-0.15, -0.1) is 0 Å². The van der Waals surface area contributed by atoms with Crippen LogP contribution >= 0.6 is 24.0 Å². The first-order valence-electron chi connectivity index (χ1n) is 10.0. The Kier molecular flexibility index (Phi) is 6.49. The summed E-state index contributed by atoms with van der Waals surface area (Å²) in [6.45, 7) is 9.76. The average Bonchev–Trinajstić information content (AvgIpc) is 2.98. The van der Waals surface area contributed by atoms with Crippen molar-refractivity contribution in [3.05, 3.63) is 31.9 Å². The zero-order valence-electron chi connectivity index (χ0n) is 17.3. The molecular weight excluding hydrogens is 404 g/mol. The van der Waals surface area contributed by atoms with Crippen LogP contribution in [0.2, 0.25) is 0 Å². The van der Waals surface area contributed by atoms with Gasteiger partial charge in [-0.3, -0.25) is 19.1 Å². The van der Waals surface area contributed by atoms with Crippen molar-refractivity contribution >= 4 is 46.1 Å². The third-order valence-corrected chi connectivity index (χ3v) is 6.76. The first-order chi connectivity index (χ1) is 13.8. The van der Waals surface area contributed by atoms with Gasteiger partial charge in [0.15, 0.2) is 0 Å². The van der Waals surface area contributed by atoms with Gasteiger partial charge in [-0.25, -0.2) is 0 Å². The highest BCUT2D eigenvalue weighted by molar-refractivity contribution is 8.26. The number of nitrogens with zero attached hydrogens (tertiary/aromatic N) is 4. The molecule has 6 nitrogen and oxygen atoms in total. The molecule has 0 N–H and O–H groups in total. The second-order valence-electron chi connectivity index (χ2n) is 7.59. The van der Waals surface area contributed by atoms with Gasteiger partial charge in [0.1, 0.15) is 21.8 Å². The first kappa shape index (κ1) is 21.6. The molecule has 2 aliphatic heterocycles. The van der Waals surface area contributed by atoms with Gasteiger partial charge in [0, 0.05) is 31.2 Å². The van der Waals surface area contributed by atoms with Crippen LogP contribution in [0.3, 0.4) is 0 Å². The molecule has 0 spiro atoms. The van der Waals surface area contributed by atoms with E-state index in [1.165, 1.54) is 18.2 Å². The number of aromatic nitrogens is 1. The van der Waals surface area contributed by atoms with Crippen molar-refractivity contribution in [3.8, 4) is 6.07 Å². The molecule has 1 amide bonds. The number of nitriles is 1. The maximum absolute atomic E-state index is 13.0. The van der Waals surface area contributed by atoms with Crippen molar-refractivity contribution in [1.29, 1.82) is 5.26 Å². The predicted molar refractivity (Wildman–Crippen MR) is 122 cm³/mol. The number of pyridine rings is 1. The summed E-state index contributed by atoms with van der Waals surface area (Å²) >= 11 is 6.69. The van der Waals surface area contributed by atoms with Crippen LogP contribution in [-0.4, -0.2) is 38.8 Å². The van der Waals surface area contributed by atoms with E-state index in [0.717, 1.165) is 37.3 Å². The van der Waals surface area contributed by atoms with Crippen LogP contribution in [0.1, 0.15) is 56.7 Å². The highest BCUT2D eigenvalue weighted by Crippen LogP contribution is 2.37. The maximum atomic E-state index is 13.0. The molecule has 29 heavy (non-hydrogen) atoms. The molecule has 0 atom stereocenters. The van der Waals surface area contributed by atoms with Crippen LogP contribution in [0.4, 0.5) is 5.82 Å². The summed E-state index contributed by atoms with van der Waals surface area (Å²) in [5, 5.41) is 9.62. The van der Waals surface area contributed by atoms with E-state index in [4.69, 9.17) is 12.2 Å². The first-order valence-corrected chi connectivity index (χ1v) is 11.2. The topological polar surface area (TPSA) is 69.3 Å². The molecule has 2 saturated heterocycles. The molecule has 0 aromatic carbocycles. The average molecular weight is 431 g/mol. The largest absolute Gasteiger partial charge is 0.357 e. The number of rotatable bonds is 4. The van der Waals surface area contributed by atoms with Crippen molar-refractivity contribution in [2.75, 3.05) is 18.0 Å². The number of thioether (sulfide) groups is 1. The fourth-order valence-corrected chi connectivity index (χ4v) is 5.45. The summed E-state index contributed by atoms with van der Waals surface area (Å²) < 4.78 is 2.21. The number of anilines is 1. The number of amides is 1. The lowest BCUT2D eigenvalue weighted by Crippen LogP contribution is -2.37. The SMILES string of the molecule is CCn1c(N2CCCCC2)c(C=C2SC(=S)N(C(C)C)C2=O)c(C)c(C#N)c1=O. The number of carbonyl (C=O) groups is 1. The van der Waals surface area contributed by atoms with Crippen molar-refractivity contribution < 1.29 is 4.79 Å². The maximum Gasteiger partial charge on any atom is 0.270 e. The van der Waals surface area contributed by atoms with Crippen LogP contribution < -0.4 is 10.5 Å². The van der Waals surface area contributed by atoms with E-state index in [0.29, 0.717) is 21.3 Å². The molecule has 2 aliphatic rings. The summed E-state index contributed by atoms with van der Waals surface area (Å²) in [4.78, 5) is 30.3. The smallest absolute Gasteiger partial charge is 0.270 e. The van der Waals surface area contributed by atoms with Gasteiger partial charge in [0.05, 0.1) is 4.91 Å². The third kappa shape index (κ3) is 3.86. The molecule has 1 aromatic heterocycles. The van der Waals surface area contributed by atoms with Gasteiger partial charge in [-0.1, -0.05) is 24.0 Å². The van der Waals surface area contributed by atoms with Gasteiger partial charge in [0.25, 0.3) is 11.5 Å². The molecule has 3 rings (SSSR count). The molecule has 0 aliphatic carbocycles. The van der Waals surface area contributed by atoms with Crippen molar-refractivity contribution in [2.24, 2.45) is 0 Å². The fourth-order valence-electron chi connectivity index (χ4n) is 3.94. The van der Waals surface area contributed by atoms with E-state index < -0.39 is 0 Å². The zero-order valence-corrected chi connectivity index (χ0v) is 19.0. The number of hydrogen-bond donors (Lipinski definition) is 0. The molecule has 0 radical (unpaired) electrons. The number of piperidine rings is 1. The molecule has 3 heterocycles. The Morgan fingerprint density at radius 3 is 2.41 bits per heavy atom. The Morgan fingerprint density at radius 1 is 1.24 bits per heavy atom. The summed E-state index contributed by atoms with van der Waals surface area (Å²) in [6, 6.07) is 2.05. The molecule has 1 aromatic rings. The quantitative estimate of drug-likeness (QED) is 0.536. The minimum absolute atomic E-state index is 0.0182. The molecule has 2 fully saturated rings. The monoisotopic (exact) mass is 430 g/mol. The molecular formula is C21H26N4O2S2. The molecule has 154 valence electrons. The summed E-state index contributed by atoms with van der Waals surface area (Å²) in [6.07, 6.45) is 5.12. The second kappa shape index (κ2) is 8.72. The third-order valence-electron chi connectivity index (χ3n) is 5.43. The Morgan fingerprint density at radius 2 is 1.90 bits per heavy atom. The van der Waals surface area contributed by atoms with E-state index in [1.807, 2.05) is 26.8 Å². The summed E-state index contributed by atoms with van der Waals surface area (Å²) in [5.41, 5.74) is 1.27. The number of carbonyl (C=O) groups excluding carboxylic acids is 1. The molecule has 0 unspecified atom stereocenters. The zero-order chi connectivity index (χ0) is 21.3. The van der Waals surface area contributed by atoms with E-state index in [-0.39, 0.29) is 23.1 Å². The number of thiocarbonyl (C=S) groups is 1. The molecule has 8 heteroatoms. The highest BCUT2D eigenvalue weighted by atomic mass is 32.2. The van der Waals surface area contributed by atoms with Crippen LogP contribution in [0.15, 0.2) is 9.70 Å². The fraction of sp³-hybridized carbons (Fsp3) is 0.524. The minimum Gasteiger partial charge on any atom is -0.357 e. The molecule has 0 saturated carbocycles. The Hall–Kier alpha value is -2.11. The lowest BCUT2D eigenvalue weighted by atomic mass is 10.0. The summed E-state index contributed by atoms with van der Waals surface area (Å²) in [7, 11) is 0. The van der Waals surface area contributed by atoms with Crippen LogP contribution in [0, 0.1) is 18.3 Å². The summed E-state index contributed by atoms with van der Waals surface area (Å²) in [5.74, 6) is 0.690. The van der Waals surface area contributed by atoms with Gasteiger partial charge in [-0.05, 0) is 58.6 Å². The highest BCUT2D eigenvalue weighted by Gasteiger charge is 2.34.